The normalized spacial score (nSPS) is 9.60. The van der Waals surface area contributed by atoms with E-state index in [9.17, 15) is 19.7 Å². The number of carboxylic acid groups (broad SMARTS) is 1. The van der Waals surface area contributed by atoms with Crippen molar-refractivity contribution in [3.8, 4) is 12.3 Å². The molecule has 1 aromatic rings. The van der Waals surface area contributed by atoms with Gasteiger partial charge in [-0.15, -0.1) is 6.42 Å². The minimum Gasteiger partial charge on any atom is -0.480 e. The van der Waals surface area contributed by atoms with Crippen LogP contribution in [0.5, 0.6) is 0 Å². The SMILES string of the molecule is C#CCN(CC(=O)O)C(=O)c1ccc([N+](=O)[O-])c(C)c1. The summed E-state index contributed by atoms with van der Waals surface area (Å²) in [7, 11) is 0. The van der Waals surface area contributed by atoms with Gasteiger partial charge in [0.2, 0.25) is 0 Å². The molecule has 0 aliphatic heterocycles. The van der Waals surface area contributed by atoms with Crippen LogP contribution >= 0.6 is 0 Å². The van der Waals surface area contributed by atoms with E-state index in [1.54, 1.807) is 0 Å². The van der Waals surface area contributed by atoms with Crippen LogP contribution in [0.1, 0.15) is 15.9 Å². The van der Waals surface area contributed by atoms with E-state index in [4.69, 9.17) is 11.5 Å². The maximum atomic E-state index is 12.1. The summed E-state index contributed by atoms with van der Waals surface area (Å²) < 4.78 is 0. The van der Waals surface area contributed by atoms with Crippen LogP contribution in [-0.2, 0) is 4.79 Å². The summed E-state index contributed by atoms with van der Waals surface area (Å²) in [4.78, 5) is 33.9. The Morgan fingerprint density at radius 2 is 2.15 bits per heavy atom. The zero-order valence-electron chi connectivity index (χ0n) is 10.7. The van der Waals surface area contributed by atoms with Gasteiger partial charge in [-0.25, -0.2) is 0 Å². The van der Waals surface area contributed by atoms with Crippen molar-refractivity contribution in [1.29, 1.82) is 0 Å². The number of nitrogens with zero attached hydrogens (tertiary/aromatic N) is 2. The number of benzene rings is 1. The number of hydrogen-bond donors (Lipinski definition) is 1. The van der Waals surface area contributed by atoms with Gasteiger partial charge in [0, 0.05) is 17.2 Å². The summed E-state index contributed by atoms with van der Waals surface area (Å²) in [5.41, 5.74) is 0.365. The number of nitro benzene ring substituents is 1. The Morgan fingerprint density at radius 1 is 1.50 bits per heavy atom. The van der Waals surface area contributed by atoms with E-state index < -0.39 is 23.3 Å². The van der Waals surface area contributed by atoms with Crippen LogP contribution < -0.4 is 0 Å². The molecule has 7 nitrogen and oxygen atoms in total. The van der Waals surface area contributed by atoms with E-state index in [0.29, 0.717) is 5.56 Å². The highest BCUT2D eigenvalue weighted by Crippen LogP contribution is 2.19. The van der Waals surface area contributed by atoms with Gasteiger partial charge in [-0.3, -0.25) is 19.7 Å². The molecule has 0 bridgehead atoms. The number of carbonyl (C=O) groups excluding carboxylic acids is 1. The predicted octanol–water partition coefficient (Wildman–Crippen LogP) is 1.06. The number of aryl methyl sites for hydroxylation is 1. The summed E-state index contributed by atoms with van der Waals surface area (Å²) in [6.07, 6.45) is 5.09. The van der Waals surface area contributed by atoms with Gasteiger partial charge >= 0.3 is 5.97 Å². The van der Waals surface area contributed by atoms with E-state index in [-0.39, 0.29) is 17.8 Å². The molecule has 0 aliphatic carbocycles. The van der Waals surface area contributed by atoms with Crippen molar-refractivity contribution in [3.05, 3.63) is 39.4 Å². The molecule has 0 aromatic heterocycles. The molecule has 0 saturated heterocycles. The molecule has 0 saturated carbocycles. The lowest BCUT2D eigenvalue weighted by atomic mass is 10.1. The lowest BCUT2D eigenvalue weighted by Crippen LogP contribution is -2.36. The number of nitro groups is 1. The highest BCUT2D eigenvalue weighted by molar-refractivity contribution is 5.96. The Kier molecular flexibility index (Phi) is 4.81. The van der Waals surface area contributed by atoms with Crippen molar-refractivity contribution >= 4 is 17.6 Å². The standard InChI is InChI=1S/C13H12N2O5/c1-3-6-14(8-12(16)17)13(18)10-4-5-11(15(19)20)9(2)7-10/h1,4-5,7H,6,8H2,2H3,(H,16,17). The number of carbonyl (C=O) groups is 2. The number of amides is 1. The third-order valence-electron chi connectivity index (χ3n) is 2.54. The summed E-state index contributed by atoms with van der Waals surface area (Å²) in [6.45, 7) is 0.817. The van der Waals surface area contributed by atoms with Gasteiger partial charge in [-0.05, 0) is 19.1 Å². The number of aliphatic carboxylic acids is 1. The first-order chi connectivity index (χ1) is 9.36. The van der Waals surface area contributed by atoms with Crippen LogP contribution in [0.2, 0.25) is 0 Å². The van der Waals surface area contributed by atoms with Gasteiger partial charge < -0.3 is 10.0 Å². The highest BCUT2D eigenvalue weighted by atomic mass is 16.6. The zero-order chi connectivity index (χ0) is 15.3. The molecule has 1 amide bonds. The Morgan fingerprint density at radius 3 is 2.60 bits per heavy atom. The molecule has 7 heteroatoms. The van der Waals surface area contributed by atoms with E-state index >= 15 is 0 Å². The summed E-state index contributed by atoms with van der Waals surface area (Å²) in [5, 5.41) is 19.4. The minimum absolute atomic E-state index is 0.108. The average Bonchev–Trinajstić information content (AvgIpc) is 2.36. The van der Waals surface area contributed by atoms with Gasteiger partial charge in [0.25, 0.3) is 11.6 Å². The maximum absolute atomic E-state index is 12.1. The zero-order valence-corrected chi connectivity index (χ0v) is 10.7. The monoisotopic (exact) mass is 276 g/mol. The van der Waals surface area contributed by atoms with E-state index in [2.05, 4.69) is 5.92 Å². The van der Waals surface area contributed by atoms with Crippen LogP contribution in [0.4, 0.5) is 5.69 Å². The topological polar surface area (TPSA) is 101 Å². The number of hydrogen-bond acceptors (Lipinski definition) is 4. The second-order valence-electron chi connectivity index (χ2n) is 4.02. The second-order valence-corrected chi connectivity index (χ2v) is 4.02. The molecule has 1 aromatic carbocycles. The number of terminal acetylenes is 1. The predicted molar refractivity (Wildman–Crippen MR) is 70.2 cm³/mol. The van der Waals surface area contributed by atoms with Crippen molar-refractivity contribution in [1.82, 2.24) is 4.90 Å². The molecule has 0 atom stereocenters. The molecule has 1 rings (SSSR count). The first kappa shape index (κ1) is 15.2. The van der Waals surface area contributed by atoms with Gasteiger partial charge in [0.05, 0.1) is 11.5 Å². The third kappa shape index (κ3) is 3.55. The molecule has 0 aliphatic rings. The van der Waals surface area contributed by atoms with Crippen LogP contribution in [0.3, 0.4) is 0 Å². The van der Waals surface area contributed by atoms with Crippen LogP contribution in [0, 0.1) is 29.4 Å². The Bertz CT molecular complexity index is 603. The molecule has 104 valence electrons. The van der Waals surface area contributed by atoms with E-state index in [0.717, 1.165) is 4.90 Å². The fourth-order valence-electron chi connectivity index (χ4n) is 1.65. The van der Waals surface area contributed by atoms with Crippen molar-refractivity contribution in [2.24, 2.45) is 0 Å². The molecule has 0 heterocycles. The fourth-order valence-corrected chi connectivity index (χ4v) is 1.65. The van der Waals surface area contributed by atoms with Crippen LogP contribution in [-0.4, -0.2) is 39.9 Å². The second kappa shape index (κ2) is 6.33. The maximum Gasteiger partial charge on any atom is 0.323 e. The Balaban J connectivity index is 3.06. The van der Waals surface area contributed by atoms with E-state index in [1.165, 1.54) is 25.1 Å². The summed E-state index contributed by atoms with van der Waals surface area (Å²) in [5.74, 6) is 0.434. The quantitative estimate of drug-likeness (QED) is 0.492. The van der Waals surface area contributed by atoms with Crippen molar-refractivity contribution in [2.45, 2.75) is 6.92 Å². The molecule has 0 radical (unpaired) electrons. The molecule has 20 heavy (non-hydrogen) atoms. The van der Waals surface area contributed by atoms with E-state index in [1.807, 2.05) is 0 Å². The smallest absolute Gasteiger partial charge is 0.323 e. The van der Waals surface area contributed by atoms with Gasteiger partial charge in [-0.2, -0.15) is 0 Å². The fraction of sp³-hybridized carbons (Fsp3) is 0.231. The van der Waals surface area contributed by atoms with Crippen molar-refractivity contribution in [3.63, 3.8) is 0 Å². The van der Waals surface area contributed by atoms with Gasteiger partial charge in [0.15, 0.2) is 0 Å². The highest BCUT2D eigenvalue weighted by Gasteiger charge is 2.20. The first-order valence-electron chi connectivity index (χ1n) is 5.56. The summed E-state index contributed by atoms with van der Waals surface area (Å²) >= 11 is 0. The third-order valence-corrected chi connectivity index (χ3v) is 2.54. The lowest BCUT2D eigenvalue weighted by molar-refractivity contribution is -0.385. The Hall–Kier alpha value is -2.88. The summed E-state index contributed by atoms with van der Waals surface area (Å²) in [6, 6.07) is 3.82. The molecule has 1 N–H and O–H groups in total. The van der Waals surface area contributed by atoms with Gasteiger partial charge in [0.1, 0.15) is 6.54 Å². The van der Waals surface area contributed by atoms with Gasteiger partial charge in [-0.1, -0.05) is 5.92 Å². The van der Waals surface area contributed by atoms with Crippen LogP contribution in [0.25, 0.3) is 0 Å². The largest absolute Gasteiger partial charge is 0.480 e. The molecular formula is C13H12N2O5. The van der Waals surface area contributed by atoms with Crippen molar-refractivity contribution < 1.29 is 19.6 Å². The molecule has 0 spiro atoms. The minimum atomic E-state index is -1.19. The Labute approximate surface area is 115 Å². The number of rotatable bonds is 5. The van der Waals surface area contributed by atoms with Crippen LogP contribution in [0.15, 0.2) is 18.2 Å². The molecular weight excluding hydrogens is 264 g/mol. The lowest BCUT2D eigenvalue weighted by Gasteiger charge is -2.18. The number of carboxylic acids is 1. The molecule has 0 unspecified atom stereocenters. The first-order valence-corrected chi connectivity index (χ1v) is 5.56. The average molecular weight is 276 g/mol. The van der Waals surface area contributed by atoms with Crippen molar-refractivity contribution in [2.75, 3.05) is 13.1 Å². The molecule has 0 fully saturated rings.